The molecule has 0 radical (unpaired) electrons. The van der Waals surface area contributed by atoms with Gasteiger partial charge in [0.2, 0.25) is 12.7 Å². The molecule has 3 aromatic rings. The van der Waals surface area contributed by atoms with Crippen LogP contribution in [-0.4, -0.2) is 22.3 Å². The zero-order chi connectivity index (χ0) is 24.5. The maximum Gasteiger partial charge on any atom is 0.243 e. The molecule has 182 valence electrons. The maximum absolute atomic E-state index is 6.27. The van der Waals surface area contributed by atoms with Gasteiger partial charge in [-0.15, -0.1) is 0 Å². The van der Waals surface area contributed by atoms with E-state index in [9.17, 15) is 0 Å². The van der Waals surface area contributed by atoms with Gasteiger partial charge in [0.25, 0.3) is 0 Å². The summed E-state index contributed by atoms with van der Waals surface area (Å²) in [6, 6.07) is 4.20. The molecule has 2 heterocycles. The van der Waals surface area contributed by atoms with Gasteiger partial charge in [0.05, 0.1) is 46.0 Å². The van der Waals surface area contributed by atoms with Crippen molar-refractivity contribution in [2.24, 2.45) is 20.0 Å². The van der Waals surface area contributed by atoms with Crippen molar-refractivity contribution >= 4 is 0 Å². The quantitative estimate of drug-likeness (QED) is 0.244. The van der Waals surface area contributed by atoms with Gasteiger partial charge in [-0.25, -0.2) is 18.3 Å². The monoisotopic (exact) mass is 464 g/mol. The first-order valence-electron chi connectivity index (χ1n) is 12.3. The number of rotatable bonds is 11. The van der Waals surface area contributed by atoms with Crippen molar-refractivity contribution in [3.63, 3.8) is 0 Å². The third-order valence-electron chi connectivity index (χ3n) is 5.51. The van der Waals surface area contributed by atoms with Crippen molar-refractivity contribution in [2.75, 3.05) is 13.2 Å². The van der Waals surface area contributed by atoms with E-state index < -0.39 is 0 Å². The molecule has 0 spiro atoms. The van der Waals surface area contributed by atoms with Crippen LogP contribution in [0.3, 0.4) is 0 Å². The van der Waals surface area contributed by atoms with E-state index in [0.717, 1.165) is 48.6 Å². The second-order valence-corrected chi connectivity index (χ2v) is 9.50. The lowest BCUT2D eigenvalue weighted by molar-refractivity contribution is -0.671. The highest BCUT2D eigenvalue weighted by Gasteiger charge is 2.15. The average molecular weight is 465 g/mol. The molecule has 0 N–H and O–H groups in total. The second kappa shape index (κ2) is 12.3. The Bertz CT molecular complexity index is 1120. The molecule has 0 aliphatic heterocycles. The number of aromatic nitrogens is 4. The molecule has 6 heteroatoms. The fourth-order valence-electron chi connectivity index (χ4n) is 3.72. The number of hydrogen-bond donors (Lipinski definition) is 0. The molecular formula is C28H40N4O2+2. The van der Waals surface area contributed by atoms with Crippen LogP contribution in [0.25, 0.3) is 0 Å². The number of ether oxygens (including phenoxy) is 2. The van der Waals surface area contributed by atoms with E-state index >= 15 is 0 Å². The topological polar surface area (TPSA) is 36.1 Å². The number of benzene rings is 1. The van der Waals surface area contributed by atoms with Gasteiger partial charge in [0.15, 0.2) is 0 Å². The smallest absolute Gasteiger partial charge is 0.243 e. The minimum atomic E-state index is 0.291. The molecule has 0 aliphatic carbocycles. The van der Waals surface area contributed by atoms with Crippen molar-refractivity contribution in [2.45, 2.75) is 59.5 Å². The van der Waals surface area contributed by atoms with E-state index in [0.29, 0.717) is 25.0 Å². The molecule has 0 saturated heterocycles. The van der Waals surface area contributed by atoms with Crippen LogP contribution in [0.15, 0.2) is 49.6 Å². The van der Waals surface area contributed by atoms with Gasteiger partial charge in [0, 0.05) is 24.3 Å². The third kappa shape index (κ3) is 7.69. The summed E-state index contributed by atoms with van der Waals surface area (Å²) in [5.41, 5.74) is 2.06. The van der Waals surface area contributed by atoms with Gasteiger partial charge in [-0.3, -0.25) is 0 Å². The van der Waals surface area contributed by atoms with E-state index in [1.165, 1.54) is 0 Å². The molecule has 0 aliphatic rings. The molecule has 0 saturated carbocycles. The summed E-state index contributed by atoms with van der Waals surface area (Å²) in [6.07, 6.45) is 14.3. The molecule has 0 fully saturated rings. The van der Waals surface area contributed by atoms with Crippen molar-refractivity contribution in [3.8, 4) is 23.3 Å². The molecule has 2 aromatic heterocycles. The Labute approximate surface area is 204 Å². The van der Waals surface area contributed by atoms with Crippen molar-refractivity contribution in [1.29, 1.82) is 0 Å². The van der Waals surface area contributed by atoms with Gasteiger partial charge < -0.3 is 9.47 Å². The Morgan fingerprint density at radius 2 is 1.38 bits per heavy atom. The van der Waals surface area contributed by atoms with Crippen LogP contribution >= 0.6 is 0 Å². The van der Waals surface area contributed by atoms with Crippen molar-refractivity contribution in [3.05, 3.63) is 60.7 Å². The highest BCUT2D eigenvalue weighted by atomic mass is 16.5. The van der Waals surface area contributed by atoms with Crippen LogP contribution in [-0.2, 0) is 27.2 Å². The van der Waals surface area contributed by atoms with Gasteiger partial charge in [-0.05, 0) is 18.1 Å². The van der Waals surface area contributed by atoms with Crippen LogP contribution in [0.2, 0.25) is 0 Å². The summed E-state index contributed by atoms with van der Waals surface area (Å²) in [5, 5.41) is 0. The SMILES string of the molecule is CC(C)C#Cc1cc(OCCCn2cc[n+](C)c2)c(C(C)C)cc1OCCCn1cc[n+](C)c1. The molecule has 34 heavy (non-hydrogen) atoms. The summed E-state index contributed by atoms with van der Waals surface area (Å²) >= 11 is 0. The predicted octanol–water partition coefficient (Wildman–Crippen LogP) is 4.01. The predicted molar refractivity (Wildman–Crippen MR) is 134 cm³/mol. The number of aryl methyl sites for hydroxylation is 4. The lowest BCUT2D eigenvalue weighted by atomic mass is 9.99. The van der Waals surface area contributed by atoms with Crippen molar-refractivity contribution in [1.82, 2.24) is 9.13 Å². The second-order valence-electron chi connectivity index (χ2n) is 9.50. The highest BCUT2D eigenvalue weighted by molar-refractivity contribution is 5.54. The summed E-state index contributed by atoms with van der Waals surface area (Å²) < 4.78 is 21.0. The number of nitrogens with zero attached hydrogens (tertiary/aromatic N) is 4. The first kappa shape index (κ1) is 25.4. The Kier molecular flexibility index (Phi) is 9.21. The van der Waals surface area contributed by atoms with E-state index in [4.69, 9.17) is 9.47 Å². The molecule has 0 unspecified atom stereocenters. The zero-order valence-corrected chi connectivity index (χ0v) is 21.6. The Balaban J connectivity index is 1.69. The van der Waals surface area contributed by atoms with Gasteiger partial charge in [-0.1, -0.05) is 39.5 Å². The molecule has 3 rings (SSSR count). The Morgan fingerprint density at radius 1 is 0.824 bits per heavy atom. The van der Waals surface area contributed by atoms with Gasteiger partial charge >= 0.3 is 0 Å². The molecule has 0 amide bonds. The first-order chi connectivity index (χ1) is 16.3. The lowest BCUT2D eigenvalue weighted by Crippen LogP contribution is -2.23. The van der Waals surface area contributed by atoms with E-state index in [2.05, 4.69) is 96.6 Å². The Morgan fingerprint density at radius 3 is 1.85 bits per heavy atom. The summed E-state index contributed by atoms with van der Waals surface area (Å²) in [4.78, 5) is 0. The summed E-state index contributed by atoms with van der Waals surface area (Å²) in [7, 11) is 4.07. The minimum Gasteiger partial charge on any atom is -0.493 e. The van der Waals surface area contributed by atoms with Crippen molar-refractivity contribution < 1.29 is 18.6 Å². The largest absolute Gasteiger partial charge is 0.493 e. The van der Waals surface area contributed by atoms with E-state index in [1.807, 2.05) is 24.9 Å². The number of imidazole rings is 2. The molecule has 6 nitrogen and oxygen atoms in total. The average Bonchev–Trinajstić information content (AvgIpc) is 3.40. The van der Waals surface area contributed by atoms with Crippen LogP contribution in [0.4, 0.5) is 0 Å². The van der Waals surface area contributed by atoms with Gasteiger partial charge in [-0.2, -0.15) is 0 Å². The van der Waals surface area contributed by atoms with Crippen LogP contribution < -0.4 is 18.6 Å². The van der Waals surface area contributed by atoms with Gasteiger partial charge in [0.1, 0.15) is 36.3 Å². The lowest BCUT2D eigenvalue weighted by Gasteiger charge is -2.18. The molecule has 0 atom stereocenters. The van der Waals surface area contributed by atoms with E-state index in [1.54, 1.807) is 0 Å². The Hall–Kier alpha value is -3.20. The minimum absolute atomic E-state index is 0.291. The fraction of sp³-hybridized carbons (Fsp3) is 0.500. The summed E-state index contributed by atoms with van der Waals surface area (Å²) in [6.45, 7) is 11.7. The van der Waals surface area contributed by atoms with Crippen LogP contribution in [0.5, 0.6) is 11.5 Å². The van der Waals surface area contributed by atoms with Crippen LogP contribution in [0, 0.1) is 17.8 Å². The van der Waals surface area contributed by atoms with E-state index in [-0.39, 0.29) is 0 Å². The highest BCUT2D eigenvalue weighted by Crippen LogP contribution is 2.34. The number of hydrogen-bond acceptors (Lipinski definition) is 2. The molecule has 1 aromatic carbocycles. The maximum atomic E-state index is 6.27. The normalized spacial score (nSPS) is 11.1. The standard InChI is InChI=1S/C28H40N4O2/c1-23(2)9-10-25-19-28(34-18-8-12-32-16-14-30(6)22-32)26(24(3)4)20-27(25)33-17-7-11-31-15-13-29(5)21-31/h13-16,19-24H,7-8,11-12,17-18H2,1-6H3/q+2. The summed E-state index contributed by atoms with van der Waals surface area (Å²) in [5.74, 6) is 9.00. The fourth-order valence-corrected chi connectivity index (χ4v) is 3.72. The first-order valence-corrected chi connectivity index (χ1v) is 12.3. The molecule has 0 bridgehead atoms. The zero-order valence-electron chi connectivity index (χ0n) is 21.6. The molecular weight excluding hydrogens is 424 g/mol. The third-order valence-corrected chi connectivity index (χ3v) is 5.51. The van der Waals surface area contributed by atoms with Crippen LogP contribution in [0.1, 0.15) is 57.6 Å².